The molecule has 0 aromatic heterocycles. The predicted molar refractivity (Wildman–Crippen MR) is 77.1 cm³/mol. The quantitative estimate of drug-likeness (QED) is 0.741. The lowest BCUT2D eigenvalue weighted by atomic mass is 9.95. The van der Waals surface area contributed by atoms with E-state index in [2.05, 4.69) is 68.3 Å². The summed E-state index contributed by atoms with van der Waals surface area (Å²) in [6.45, 7) is 8.94. The fourth-order valence-corrected chi connectivity index (χ4v) is 2.47. The second-order valence-corrected chi connectivity index (χ2v) is 5.68. The summed E-state index contributed by atoms with van der Waals surface area (Å²) in [4.78, 5) is 2.10. The summed E-state index contributed by atoms with van der Waals surface area (Å²) in [5, 5.41) is 2.06. The van der Waals surface area contributed by atoms with Crippen molar-refractivity contribution in [1.82, 2.24) is 0 Å². The average molecular weight is 245 g/mol. The van der Waals surface area contributed by atoms with Crippen molar-refractivity contribution in [3.63, 3.8) is 0 Å². The molecular weight excluding hydrogens is 226 g/mol. The van der Waals surface area contributed by atoms with Gasteiger partial charge in [-0.25, -0.2) is 0 Å². The molecule has 0 saturated carbocycles. The fourth-order valence-electron chi connectivity index (χ4n) is 1.96. The Bertz CT molecular complexity index is 421. The topological polar surface area (TPSA) is 3.24 Å². The maximum Gasteiger partial charge on any atom is 0.168 e. The molecule has 0 unspecified atom stereocenters. The summed E-state index contributed by atoms with van der Waals surface area (Å²) in [5.41, 5.74) is 4.04. The third-order valence-corrected chi connectivity index (χ3v) is 3.59. The summed E-state index contributed by atoms with van der Waals surface area (Å²) >= 11 is 1.61. The van der Waals surface area contributed by atoms with Gasteiger partial charge in [-0.3, -0.25) is 0 Å². The molecule has 2 radical (unpaired) electrons. The van der Waals surface area contributed by atoms with Gasteiger partial charge in [0.05, 0.1) is 0 Å². The zero-order chi connectivity index (χ0) is 12.4. The fraction of sp³-hybridized carbons (Fsp3) is 0.400. The lowest BCUT2D eigenvalue weighted by Crippen LogP contribution is -2.10. The molecule has 1 nitrogen and oxygen atoms in total. The maximum atomic E-state index is 3.27. The predicted octanol–water partition coefficient (Wildman–Crippen LogP) is 4.95. The molecule has 0 N–H and O–H groups in total. The van der Waals surface area contributed by atoms with E-state index in [0.29, 0.717) is 11.8 Å². The van der Waals surface area contributed by atoms with E-state index in [9.17, 15) is 0 Å². The Labute approximate surface area is 109 Å². The van der Waals surface area contributed by atoms with Gasteiger partial charge in [-0.2, -0.15) is 0 Å². The van der Waals surface area contributed by atoms with Gasteiger partial charge in [-0.1, -0.05) is 51.6 Å². The maximum absolute atomic E-state index is 3.27. The number of anilines is 1. The van der Waals surface area contributed by atoms with Crippen molar-refractivity contribution in [2.75, 3.05) is 4.90 Å². The molecule has 0 spiro atoms. The first kappa shape index (κ1) is 12.6. The minimum atomic E-state index is 0.534. The molecule has 0 aliphatic carbocycles. The van der Waals surface area contributed by atoms with Crippen LogP contribution in [0.5, 0.6) is 0 Å². The Morgan fingerprint density at radius 3 is 2.41 bits per heavy atom. The normalized spacial score (nSPS) is 15.3. The highest BCUT2D eigenvalue weighted by Gasteiger charge is 2.16. The number of hydrogen-bond acceptors (Lipinski definition) is 2. The summed E-state index contributed by atoms with van der Waals surface area (Å²) in [7, 11) is 0. The molecule has 17 heavy (non-hydrogen) atoms. The highest BCUT2D eigenvalue weighted by atomic mass is 32.2. The van der Waals surface area contributed by atoms with E-state index < -0.39 is 0 Å². The van der Waals surface area contributed by atoms with Crippen LogP contribution in [-0.4, -0.2) is 0 Å². The van der Waals surface area contributed by atoms with E-state index in [1.54, 1.807) is 11.8 Å². The van der Waals surface area contributed by atoms with Crippen LogP contribution in [0.3, 0.4) is 0 Å². The van der Waals surface area contributed by atoms with Crippen molar-refractivity contribution in [3.8, 4) is 0 Å². The van der Waals surface area contributed by atoms with Crippen LogP contribution in [0.2, 0.25) is 0 Å². The monoisotopic (exact) mass is 245 g/mol. The van der Waals surface area contributed by atoms with Gasteiger partial charge < -0.3 is 4.90 Å². The zero-order valence-corrected chi connectivity index (χ0v) is 11.7. The Balaban J connectivity index is 2.43. The number of rotatable bonds is 3. The van der Waals surface area contributed by atoms with E-state index >= 15 is 0 Å². The van der Waals surface area contributed by atoms with Crippen LogP contribution in [0, 0.1) is 5.88 Å². The van der Waals surface area contributed by atoms with Crippen molar-refractivity contribution >= 4 is 17.4 Å². The molecule has 1 aromatic rings. The molecule has 0 fully saturated rings. The standard InChI is InChI=1S/C15H19NS/c1-11(2)13-5-6-14(12(3)4)15(9-13)16-7-8-17-10-16/h5-9,11-12H,1-4H3. The van der Waals surface area contributed by atoms with Crippen LogP contribution < -0.4 is 4.90 Å². The van der Waals surface area contributed by atoms with E-state index in [4.69, 9.17) is 0 Å². The molecule has 1 aromatic carbocycles. The summed E-state index contributed by atoms with van der Waals surface area (Å²) in [6.07, 6.45) is 2.08. The van der Waals surface area contributed by atoms with Gasteiger partial charge in [0.1, 0.15) is 0 Å². The van der Waals surface area contributed by atoms with Crippen LogP contribution in [0.25, 0.3) is 0 Å². The second-order valence-electron chi connectivity index (χ2n) is 4.99. The van der Waals surface area contributed by atoms with Gasteiger partial charge in [-0.05, 0) is 34.4 Å². The van der Waals surface area contributed by atoms with Crippen molar-refractivity contribution in [1.29, 1.82) is 0 Å². The zero-order valence-electron chi connectivity index (χ0n) is 10.9. The van der Waals surface area contributed by atoms with Gasteiger partial charge in [0.15, 0.2) is 5.88 Å². The molecule has 2 heteroatoms. The smallest absolute Gasteiger partial charge is 0.168 e. The van der Waals surface area contributed by atoms with Crippen LogP contribution in [0.4, 0.5) is 5.69 Å². The highest BCUT2D eigenvalue weighted by Crippen LogP contribution is 2.35. The Kier molecular flexibility index (Phi) is 3.82. The summed E-state index contributed by atoms with van der Waals surface area (Å²) < 4.78 is 0. The van der Waals surface area contributed by atoms with Crippen LogP contribution >= 0.6 is 11.8 Å². The highest BCUT2D eigenvalue weighted by molar-refractivity contribution is 8.04. The third kappa shape index (κ3) is 2.68. The molecule has 0 bridgehead atoms. The SMILES string of the molecule is CC(C)c1ccc(C(C)C)c(N2[C]SC=C2)c1. The van der Waals surface area contributed by atoms with Crippen molar-refractivity contribution in [3.05, 3.63) is 46.8 Å². The third-order valence-electron chi connectivity index (χ3n) is 3.03. The van der Waals surface area contributed by atoms with Crippen molar-refractivity contribution < 1.29 is 0 Å². The Hall–Kier alpha value is -0.890. The largest absolute Gasteiger partial charge is 0.325 e. The first-order valence-corrected chi connectivity index (χ1v) is 6.98. The molecule has 0 saturated heterocycles. The molecule has 1 aliphatic rings. The number of benzene rings is 1. The van der Waals surface area contributed by atoms with Crippen molar-refractivity contribution in [2.45, 2.75) is 39.5 Å². The van der Waals surface area contributed by atoms with Crippen LogP contribution in [0.15, 0.2) is 29.8 Å². The minimum Gasteiger partial charge on any atom is -0.325 e. The molecule has 2 rings (SSSR count). The molecule has 1 heterocycles. The van der Waals surface area contributed by atoms with Gasteiger partial charge in [0.2, 0.25) is 0 Å². The first-order chi connectivity index (χ1) is 8.09. The Morgan fingerprint density at radius 2 is 1.88 bits per heavy atom. The molecule has 1 aliphatic heterocycles. The summed E-state index contributed by atoms with van der Waals surface area (Å²) in [5.74, 6) is 4.37. The lowest BCUT2D eigenvalue weighted by molar-refractivity contribution is 0.842. The van der Waals surface area contributed by atoms with E-state index in [-0.39, 0.29) is 0 Å². The van der Waals surface area contributed by atoms with Crippen LogP contribution in [0.1, 0.15) is 50.7 Å². The van der Waals surface area contributed by atoms with E-state index in [0.717, 1.165) is 0 Å². The number of hydrogen-bond donors (Lipinski definition) is 0. The van der Waals surface area contributed by atoms with Gasteiger partial charge in [-0.15, -0.1) is 0 Å². The molecule has 90 valence electrons. The average Bonchev–Trinajstić information content (AvgIpc) is 2.81. The number of nitrogens with zero attached hydrogens (tertiary/aromatic N) is 1. The van der Waals surface area contributed by atoms with Crippen LogP contribution in [-0.2, 0) is 0 Å². The molecular formula is C15H19NS. The lowest BCUT2D eigenvalue weighted by Gasteiger charge is -2.22. The van der Waals surface area contributed by atoms with Gasteiger partial charge in [0.25, 0.3) is 0 Å². The van der Waals surface area contributed by atoms with Gasteiger partial charge >= 0.3 is 0 Å². The minimum absolute atomic E-state index is 0.534. The molecule has 0 atom stereocenters. The Morgan fingerprint density at radius 1 is 1.12 bits per heavy atom. The summed E-state index contributed by atoms with van der Waals surface area (Å²) in [6, 6.07) is 6.80. The molecule has 0 amide bonds. The first-order valence-electron chi connectivity index (χ1n) is 6.10. The van der Waals surface area contributed by atoms with Crippen molar-refractivity contribution in [2.24, 2.45) is 0 Å². The van der Waals surface area contributed by atoms with E-state index in [1.807, 2.05) is 0 Å². The van der Waals surface area contributed by atoms with E-state index in [1.165, 1.54) is 16.8 Å². The number of thioether (sulfide) groups is 1. The second kappa shape index (κ2) is 5.18. The van der Waals surface area contributed by atoms with Gasteiger partial charge in [0, 0.05) is 11.9 Å².